The number of hydrogen-bond acceptors (Lipinski definition) is 3. The number of halogens is 1. The number of aromatic nitrogens is 1. The Morgan fingerprint density at radius 3 is 2.61 bits per heavy atom. The Morgan fingerprint density at radius 1 is 1.22 bits per heavy atom. The fourth-order valence-electron chi connectivity index (χ4n) is 1.80. The van der Waals surface area contributed by atoms with Crippen molar-refractivity contribution < 1.29 is 4.39 Å². The van der Waals surface area contributed by atoms with Crippen molar-refractivity contribution in [2.24, 2.45) is 5.73 Å². The van der Waals surface area contributed by atoms with Crippen LogP contribution in [0.2, 0.25) is 0 Å². The summed E-state index contributed by atoms with van der Waals surface area (Å²) in [4.78, 5) is 5.97. The van der Waals surface area contributed by atoms with Crippen LogP contribution in [-0.2, 0) is 6.54 Å². The monoisotopic (exact) mass is 262 g/mol. The molecule has 0 unspecified atom stereocenters. The topological polar surface area (TPSA) is 38.9 Å². The molecule has 0 atom stereocenters. The number of rotatable bonds is 3. The van der Waals surface area contributed by atoms with Crippen LogP contribution in [0.3, 0.4) is 0 Å². The zero-order valence-corrected chi connectivity index (χ0v) is 11.2. The molecule has 0 aliphatic rings. The second kappa shape index (κ2) is 5.50. The summed E-state index contributed by atoms with van der Waals surface area (Å²) in [5, 5.41) is 0. The maximum atomic E-state index is 13.6. The smallest absolute Gasteiger partial charge is 0.137 e. The molecule has 0 radical (unpaired) electrons. The van der Waals surface area contributed by atoms with Gasteiger partial charge in [-0.05, 0) is 32.0 Å². The molecule has 0 aliphatic carbocycles. The molecule has 0 amide bonds. The zero-order valence-electron chi connectivity index (χ0n) is 10.4. The van der Waals surface area contributed by atoms with Crippen LogP contribution < -0.4 is 5.73 Å². The van der Waals surface area contributed by atoms with Crippen LogP contribution >= 0.6 is 11.8 Å². The number of nitrogens with zero attached hydrogens (tertiary/aromatic N) is 1. The van der Waals surface area contributed by atoms with Crippen molar-refractivity contribution in [3.63, 3.8) is 0 Å². The van der Waals surface area contributed by atoms with E-state index >= 15 is 0 Å². The molecule has 2 aromatic rings. The molecule has 0 saturated heterocycles. The molecule has 2 nitrogen and oxygen atoms in total. The number of aryl methyl sites for hydroxylation is 2. The van der Waals surface area contributed by atoms with Crippen LogP contribution in [0.5, 0.6) is 0 Å². The molecule has 0 bridgehead atoms. The Kier molecular flexibility index (Phi) is 3.99. The van der Waals surface area contributed by atoms with E-state index in [1.165, 1.54) is 17.8 Å². The highest BCUT2D eigenvalue weighted by atomic mass is 32.2. The summed E-state index contributed by atoms with van der Waals surface area (Å²) in [5.41, 5.74) is 8.56. The fraction of sp³-hybridized carbons (Fsp3) is 0.214. The summed E-state index contributed by atoms with van der Waals surface area (Å²) in [6.07, 6.45) is 0. The largest absolute Gasteiger partial charge is 0.326 e. The van der Waals surface area contributed by atoms with Gasteiger partial charge in [0.15, 0.2) is 0 Å². The summed E-state index contributed by atoms with van der Waals surface area (Å²) >= 11 is 1.40. The van der Waals surface area contributed by atoms with Crippen molar-refractivity contribution in [3.8, 4) is 0 Å². The Labute approximate surface area is 110 Å². The van der Waals surface area contributed by atoms with Crippen LogP contribution in [0.4, 0.5) is 4.39 Å². The van der Waals surface area contributed by atoms with Gasteiger partial charge in [-0.3, -0.25) is 4.98 Å². The SMILES string of the molecule is Cc1cc(Sc2ccccc2F)c(CN)c(C)n1. The molecular formula is C14H15FN2S. The standard InChI is InChI=1S/C14H15FN2S/c1-9-7-14(11(8-16)10(2)17-9)18-13-6-4-3-5-12(13)15/h3-7H,8,16H2,1-2H3. The van der Waals surface area contributed by atoms with Gasteiger partial charge in [-0.15, -0.1) is 0 Å². The Balaban J connectivity index is 2.43. The maximum absolute atomic E-state index is 13.6. The lowest BCUT2D eigenvalue weighted by Gasteiger charge is -2.11. The lowest BCUT2D eigenvalue weighted by atomic mass is 10.2. The predicted octanol–water partition coefficient (Wildman–Crippen LogP) is 3.45. The van der Waals surface area contributed by atoms with Crippen molar-refractivity contribution in [3.05, 3.63) is 53.1 Å². The zero-order chi connectivity index (χ0) is 13.1. The highest BCUT2D eigenvalue weighted by molar-refractivity contribution is 7.99. The van der Waals surface area contributed by atoms with Gasteiger partial charge in [-0.25, -0.2) is 4.39 Å². The molecule has 1 aromatic heterocycles. The molecule has 2 rings (SSSR count). The van der Waals surface area contributed by atoms with E-state index in [-0.39, 0.29) is 5.82 Å². The minimum atomic E-state index is -0.211. The van der Waals surface area contributed by atoms with Gasteiger partial charge < -0.3 is 5.73 Å². The summed E-state index contributed by atoms with van der Waals surface area (Å²) in [7, 11) is 0. The molecule has 0 aliphatic heterocycles. The molecule has 1 aromatic carbocycles. The van der Waals surface area contributed by atoms with Crippen molar-refractivity contribution in [1.82, 2.24) is 4.98 Å². The highest BCUT2D eigenvalue weighted by Crippen LogP contribution is 2.33. The molecular weight excluding hydrogens is 247 g/mol. The number of benzene rings is 1. The molecule has 1 heterocycles. The first-order valence-electron chi connectivity index (χ1n) is 5.71. The number of hydrogen-bond donors (Lipinski definition) is 1. The third kappa shape index (κ3) is 2.71. The van der Waals surface area contributed by atoms with Crippen LogP contribution in [0.1, 0.15) is 17.0 Å². The van der Waals surface area contributed by atoms with E-state index < -0.39 is 0 Å². The summed E-state index contributed by atoms with van der Waals surface area (Å²) in [6, 6.07) is 8.70. The van der Waals surface area contributed by atoms with E-state index in [1.807, 2.05) is 26.0 Å². The van der Waals surface area contributed by atoms with Gasteiger partial charge in [0, 0.05) is 33.3 Å². The molecule has 0 fully saturated rings. The van der Waals surface area contributed by atoms with Crippen molar-refractivity contribution >= 4 is 11.8 Å². The molecule has 0 saturated carbocycles. The molecule has 0 spiro atoms. The summed E-state index contributed by atoms with van der Waals surface area (Å²) in [5.74, 6) is -0.211. The van der Waals surface area contributed by atoms with Crippen LogP contribution in [0.25, 0.3) is 0 Å². The lowest BCUT2D eigenvalue weighted by molar-refractivity contribution is 0.602. The van der Waals surface area contributed by atoms with Crippen LogP contribution in [-0.4, -0.2) is 4.98 Å². The van der Waals surface area contributed by atoms with Gasteiger partial charge in [0.1, 0.15) is 5.82 Å². The maximum Gasteiger partial charge on any atom is 0.137 e. The first-order chi connectivity index (χ1) is 8.61. The lowest BCUT2D eigenvalue weighted by Crippen LogP contribution is -2.04. The van der Waals surface area contributed by atoms with E-state index in [1.54, 1.807) is 12.1 Å². The van der Waals surface area contributed by atoms with Gasteiger partial charge in [-0.2, -0.15) is 0 Å². The average molecular weight is 262 g/mol. The van der Waals surface area contributed by atoms with Gasteiger partial charge >= 0.3 is 0 Å². The average Bonchev–Trinajstić information content (AvgIpc) is 2.31. The van der Waals surface area contributed by atoms with E-state index in [0.717, 1.165) is 21.8 Å². The Hall–Kier alpha value is -1.39. The van der Waals surface area contributed by atoms with Gasteiger partial charge in [0.25, 0.3) is 0 Å². The van der Waals surface area contributed by atoms with E-state index in [9.17, 15) is 4.39 Å². The fourth-order valence-corrected chi connectivity index (χ4v) is 2.94. The van der Waals surface area contributed by atoms with Gasteiger partial charge in [-0.1, -0.05) is 23.9 Å². The first kappa shape index (κ1) is 13.1. The molecule has 2 N–H and O–H groups in total. The first-order valence-corrected chi connectivity index (χ1v) is 6.53. The molecule has 94 valence electrons. The van der Waals surface area contributed by atoms with E-state index in [2.05, 4.69) is 4.98 Å². The van der Waals surface area contributed by atoms with E-state index in [0.29, 0.717) is 11.4 Å². The number of pyridine rings is 1. The van der Waals surface area contributed by atoms with Gasteiger partial charge in [0.05, 0.1) is 0 Å². The minimum Gasteiger partial charge on any atom is -0.326 e. The normalized spacial score (nSPS) is 10.7. The Bertz CT molecular complexity index is 570. The van der Waals surface area contributed by atoms with Crippen molar-refractivity contribution in [1.29, 1.82) is 0 Å². The quantitative estimate of drug-likeness (QED) is 0.920. The minimum absolute atomic E-state index is 0.211. The number of nitrogens with two attached hydrogens (primary N) is 1. The summed E-state index contributed by atoms with van der Waals surface area (Å²) in [6.45, 7) is 4.27. The Morgan fingerprint density at radius 2 is 1.94 bits per heavy atom. The van der Waals surface area contributed by atoms with Gasteiger partial charge in [0.2, 0.25) is 0 Å². The highest BCUT2D eigenvalue weighted by Gasteiger charge is 2.10. The third-order valence-corrected chi connectivity index (χ3v) is 3.81. The third-order valence-electron chi connectivity index (χ3n) is 2.68. The van der Waals surface area contributed by atoms with E-state index in [4.69, 9.17) is 5.73 Å². The second-order valence-electron chi connectivity index (χ2n) is 4.06. The van der Waals surface area contributed by atoms with Crippen LogP contribution in [0, 0.1) is 19.7 Å². The van der Waals surface area contributed by atoms with Crippen molar-refractivity contribution in [2.45, 2.75) is 30.2 Å². The summed E-state index contributed by atoms with van der Waals surface area (Å²) < 4.78 is 13.6. The molecule has 4 heteroatoms. The predicted molar refractivity (Wildman–Crippen MR) is 72.1 cm³/mol. The van der Waals surface area contributed by atoms with Crippen LogP contribution in [0.15, 0.2) is 40.1 Å². The second-order valence-corrected chi connectivity index (χ2v) is 5.15. The molecule has 18 heavy (non-hydrogen) atoms. The van der Waals surface area contributed by atoms with Crippen molar-refractivity contribution in [2.75, 3.05) is 0 Å².